The maximum atomic E-state index is 11.8. The summed E-state index contributed by atoms with van der Waals surface area (Å²) in [5.74, 6) is 1.16. The standard InChI is InChI=1S/C15H26N4OS/c1-3-21-14-6-5-13(9-14)18-15(20)16-7-4-8-19-11-12(2)10-17-19/h10-11,13-14H,3-9H2,1-2H3,(H2,16,18,20)/t13-,14-/m1/s1. The number of aromatic nitrogens is 2. The third-order valence-electron chi connectivity index (χ3n) is 3.73. The number of hydrogen-bond acceptors (Lipinski definition) is 3. The Hall–Kier alpha value is -1.17. The van der Waals surface area contributed by atoms with Crippen LogP contribution in [0.25, 0.3) is 0 Å². The van der Waals surface area contributed by atoms with Gasteiger partial charge in [0.2, 0.25) is 0 Å². The fourth-order valence-corrected chi connectivity index (χ4v) is 3.87. The van der Waals surface area contributed by atoms with Crippen LogP contribution in [0.2, 0.25) is 0 Å². The van der Waals surface area contributed by atoms with E-state index in [2.05, 4.69) is 22.7 Å². The molecule has 0 bridgehead atoms. The van der Waals surface area contributed by atoms with Crippen molar-refractivity contribution in [1.29, 1.82) is 0 Å². The van der Waals surface area contributed by atoms with Crippen LogP contribution in [0.15, 0.2) is 12.4 Å². The van der Waals surface area contributed by atoms with Crippen LogP contribution in [0.5, 0.6) is 0 Å². The van der Waals surface area contributed by atoms with Crippen LogP contribution in [0.4, 0.5) is 4.79 Å². The summed E-state index contributed by atoms with van der Waals surface area (Å²) in [5.41, 5.74) is 1.17. The first-order valence-electron chi connectivity index (χ1n) is 7.82. The molecule has 6 heteroatoms. The lowest BCUT2D eigenvalue weighted by molar-refractivity contribution is 0.237. The van der Waals surface area contributed by atoms with E-state index in [0.29, 0.717) is 12.6 Å². The fraction of sp³-hybridized carbons (Fsp3) is 0.733. The summed E-state index contributed by atoms with van der Waals surface area (Å²) in [7, 11) is 0. The lowest BCUT2D eigenvalue weighted by Crippen LogP contribution is -2.41. The van der Waals surface area contributed by atoms with Gasteiger partial charge in [0, 0.05) is 30.6 Å². The van der Waals surface area contributed by atoms with Gasteiger partial charge in [-0.25, -0.2) is 4.79 Å². The van der Waals surface area contributed by atoms with E-state index in [4.69, 9.17) is 0 Å². The summed E-state index contributed by atoms with van der Waals surface area (Å²) in [4.78, 5) is 11.8. The Balaban J connectivity index is 1.55. The molecule has 1 heterocycles. The molecular formula is C15H26N4OS. The zero-order valence-electron chi connectivity index (χ0n) is 13.0. The van der Waals surface area contributed by atoms with Crippen molar-refractivity contribution in [3.8, 4) is 0 Å². The van der Waals surface area contributed by atoms with Crippen LogP contribution in [0, 0.1) is 6.92 Å². The second kappa shape index (κ2) is 8.32. The molecule has 118 valence electrons. The number of urea groups is 1. The van der Waals surface area contributed by atoms with Gasteiger partial charge in [0.1, 0.15) is 0 Å². The highest BCUT2D eigenvalue weighted by atomic mass is 32.2. The zero-order valence-corrected chi connectivity index (χ0v) is 13.8. The molecule has 5 nitrogen and oxygen atoms in total. The first-order chi connectivity index (χ1) is 10.2. The lowest BCUT2D eigenvalue weighted by atomic mass is 10.2. The van der Waals surface area contributed by atoms with E-state index in [1.54, 1.807) is 0 Å². The normalized spacial score (nSPS) is 21.4. The van der Waals surface area contributed by atoms with Crippen LogP contribution in [-0.4, -0.2) is 39.4 Å². The second-order valence-corrected chi connectivity index (χ2v) is 7.20. The number of carbonyl (C=O) groups excluding carboxylic acids is 1. The van der Waals surface area contributed by atoms with Crippen molar-refractivity contribution in [1.82, 2.24) is 20.4 Å². The van der Waals surface area contributed by atoms with Crippen molar-refractivity contribution in [2.75, 3.05) is 12.3 Å². The van der Waals surface area contributed by atoms with Gasteiger partial charge < -0.3 is 10.6 Å². The van der Waals surface area contributed by atoms with E-state index in [1.165, 1.54) is 12.0 Å². The Morgan fingerprint density at radius 1 is 1.52 bits per heavy atom. The van der Waals surface area contributed by atoms with E-state index in [-0.39, 0.29) is 6.03 Å². The summed E-state index contributed by atoms with van der Waals surface area (Å²) < 4.78 is 1.92. The summed E-state index contributed by atoms with van der Waals surface area (Å²) >= 11 is 2.01. The van der Waals surface area contributed by atoms with Crippen molar-refractivity contribution in [3.05, 3.63) is 18.0 Å². The van der Waals surface area contributed by atoms with E-state index < -0.39 is 0 Å². The van der Waals surface area contributed by atoms with Crippen molar-refractivity contribution < 1.29 is 4.79 Å². The van der Waals surface area contributed by atoms with Crippen LogP contribution in [-0.2, 0) is 6.54 Å². The zero-order chi connectivity index (χ0) is 15.1. The molecule has 21 heavy (non-hydrogen) atoms. The minimum absolute atomic E-state index is 0.0289. The van der Waals surface area contributed by atoms with E-state index in [9.17, 15) is 4.79 Å². The smallest absolute Gasteiger partial charge is 0.315 e. The molecule has 2 amide bonds. The third kappa shape index (κ3) is 5.61. The highest BCUT2D eigenvalue weighted by Crippen LogP contribution is 2.29. The van der Waals surface area contributed by atoms with Gasteiger partial charge in [0.15, 0.2) is 0 Å². The first-order valence-corrected chi connectivity index (χ1v) is 8.87. The van der Waals surface area contributed by atoms with E-state index >= 15 is 0 Å². The number of hydrogen-bond donors (Lipinski definition) is 2. The molecule has 0 spiro atoms. The SMILES string of the molecule is CCS[C@@H]1CC[C@@H](NC(=O)NCCCn2cc(C)cn2)C1. The fourth-order valence-electron chi connectivity index (χ4n) is 2.73. The summed E-state index contributed by atoms with van der Waals surface area (Å²) in [6.45, 7) is 5.75. The number of nitrogens with one attached hydrogen (secondary N) is 2. The number of thioether (sulfide) groups is 1. The molecule has 0 radical (unpaired) electrons. The minimum atomic E-state index is -0.0289. The third-order valence-corrected chi connectivity index (χ3v) is 4.97. The number of nitrogens with zero attached hydrogens (tertiary/aromatic N) is 2. The largest absolute Gasteiger partial charge is 0.338 e. The molecule has 1 aromatic heterocycles. The van der Waals surface area contributed by atoms with Gasteiger partial charge in [-0.3, -0.25) is 4.68 Å². The van der Waals surface area contributed by atoms with Gasteiger partial charge in [0.25, 0.3) is 0 Å². The molecule has 0 aliphatic heterocycles. The number of amides is 2. The van der Waals surface area contributed by atoms with Gasteiger partial charge in [-0.1, -0.05) is 6.92 Å². The molecule has 0 unspecified atom stereocenters. The molecule has 2 atom stereocenters. The highest BCUT2D eigenvalue weighted by molar-refractivity contribution is 7.99. The predicted octanol–water partition coefficient (Wildman–Crippen LogP) is 2.56. The Labute approximate surface area is 131 Å². The molecule has 0 saturated heterocycles. The van der Waals surface area contributed by atoms with Gasteiger partial charge >= 0.3 is 6.03 Å². The maximum absolute atomic E-state index is 11.8. The summed E-state index contributed by atoms with van der Waals surface area (Å²) in [6.07, 6.45) is 8.21. The van der Waals surface area contributed by atoms with Crippen molar-refractivity contribution >= 4 is 17.8 Å². The van der Waals surface area contributed by atoms with Gasteiger partial charge in [0.05, 0.1) is 6.20 Å². The van der Waals surface area contributed by atoms with Crippen LogP contribution >= 0.6 is 11.8 Å². The lowest BCUT2D eigenvalue weighted by Gasteiger charge is -2.14. The first kappa shape index (κ1) is 16.2. The Morgan fingerprint density at radius 3 is 3.10 bits per heavy atom. The molecule has 2 N–H and O–H groups in total. The van der Waals surface area contributed by atoms with Gasteiger partial charge in [-0.15, -0.1) is 0 Å². The van der Waals surface area contributed by atoms with E-state index in [1.807, 2.05) is 35.8 Å². The summed E-state index contributed by atoms with van der Waals surface area (Å²) in [6, 6.07) is 0.321. The molecule has 2 rings (SSSR count). The van der Waals surface area contributed by atoms with Crippen LogP contribution in [0.3, 0.4) is 0 Å². The Kier molecular flexibility index (Phi) is 6.42. The quantitative estimate of drug-likeness (QED) is 0.761. The number of carbonyl (C=O) groups is 1. The average Bonchev–Trinajstić information content (AvgIpc) is 3.05. The summed E-state index contributed by atoms with van der Waals surface area (Å²) in [5, 5.41) is 11.0. The van der Waals surface area contributed by atoms with Gasteiger partial charge in [-0.05, 0) is 43.9 Å². The Bertz CT molecular complexity index is 449. The second-order valence-electron chi connectivity index (χ2n) is 5.62. The van der Waals surface area contributed by atoms with Crippen LogP contribution in [0.1, 0.15) is 38.2 Å². The molecule has 0 aromatic carbocycles. The number of rotatable bonds is 7. The van der Waals surface area contributed by atoms with Crippen molar-refractivity contribution in [3.63, 3.8) is 0 Å². The number of aryl methyl sites for hydroxylation is 2. The monoisotopic (exact) mass is 310 g/mol. The van der Waals surface area contributed by atoms with Crippen molar-refractivity contribution in [2.24, 2.45) is 0 Å². The van der Waals surface area contributed by atoms with Crippen molar-refractivity contribution in [2.45, 2.75) is 57.4 Å². The maximum Gasteiger partial charge on any atom is 0.315 e. The predicted molar refractivity (Wildman–Crippen MR) is 87.7 cm³/mol. The highest BCUT2D eigenvalue weighted by Gasteiger charge is 2.25. The minimum Gasteiger partial charge on any atom is -0.338 e. The van der Waals surface area contributed by atoms with Crippen LogP contribution < -0.4 is 10.6 Å². The topological polar surface area (TPSA) is 59.0 Å². The molecule has 1 aliphatic rings. The molecule has 1 saturated carbocycles. The Morgan fingerprint density at radius 2 is 2.38 bits per heavy atom. The molecule has 1 fully saturated rings. The molecular weight excluding hydrogens is 284 g/mol. The van der Waals surface area contributed by atoms with E-state index in [0.717, 1.165) is 36.8 Å². The molecule has 1 aromatic rings. The van der Waals surface area contributed by atoms with Gasteiger partial charge in [-0.2, -0.15) is 16.9 Å². The molecule has 1 aliphatic carbocycles. The average molecular weight is 310 g/mol.